The summed E-state index contributed by atoms with van der Waals surface area (Å²) in [5.41, 5.74) is 1.87. The number of amides is 1. The van der Waals surface area contributed by atoms with Crippen molar-refractivity contribution in [2.45, 2.75) is 58.3 Å². The Kier molecular flexibility index (Phi) is 9.56. The van der Waals surface area contributed by atoms with Crippen molar-refractivity contribution in [2.24, 2.45) is 0 Å². The molecule has 2 rings (SSSR count). The number of nitrogens with one attached hydrogen (secondary N) is 1. The number of carbonyl (C=O) groups is 1. The van der Waals surface area contributed by atoms with Crippen LogP contribution in [0.3, 0.4) is 0 Å². The summed E-state index contributed by atoms with van der Waals surface area (Å²) >= 11 is 5.56. The Hall–Kier alpha value is -2.20. The molecule has 0 spiro atoms. The summed E-state index contributed by atoms with van der Waals surface area (Å²) in [7, 11) is 0. The van der Waals surface area contributed by atoms with Gasteiger partial charge < -0.3 is 5.32 Å². The average Bonchev–Trinajstić information content (AvgIpc) is 2.69. The van der Waals surface area contributed by atoms with Crippen LogP contribution in [0.25, 0.3) is 0 Å². The first-order valence-corrected chi connectivity index (χ1v) is 10.4. The lowest BCUT2D eigenvalue weighted by Gasteiger charge is -2.25. The van der Waals surface area contributed by atoms with Gasteiger partial charge in [0.1, 0.15) is 0 Å². The Morgan fingerprint density at radius 1 is 0.815 bits per heavy atom. The number of carbonyl (C=O) groups excluding carboxylic acids is 1. The van der Waals surface area contributed by atoms with Gasteiger partial charge in [0.2, 0.25) is 5.91 Å². The zero-order valence-electron chi connectivity index (χ0n) is 16.2. The molecule has 0 radical (unpaired) electrons. The number of anilines is 2. The summed E-state index contributed by atoms with van der Waals surface area (Å²) in [6, 6.07) is 19.8. The molecule has 0 saturated heterocycles. The lowest BCUT2D eigenvalue weighted by Crippen LogP contribution is -2.40. The summed E-state index contributed by atoms with van der Waals surface area (Å²) in [5, 5.41) is 3.32. The highest BCUT2D eigenvalue weighted by Gasteiger charge is 2.16. The van der Waals surface area contributed by atoms with Gasteiger partial charge in [-0.3, -0.25) is 9.69 Å². The Morgan fingerprint density at radius 3 is 1.81 bits per heavy atom. The van der Waals surface area contributed by atoms with Crippen LogP contribution in [0, 0.1) is 0 Å². The topological polar surface area (TPSA) is 32.3 Å². The zero-order valence-corrected chi connectivity index (χ0v) is 17.0. The van der Waals surface area contributed by atoms with E-state index in [0.29, 0.717) is 11.5 Å². The third kappa shape index (κ3) is 7.51. The molecule has 0 aliphatic rings. The normalized spacial score (nSPS) is 10.4. The lowest BCUT2D eigenvalue weighted by molar-refractivity contribution is -0.119. The van der Waals surface area contributed by atoms with Crippen molar-refractivity contribution in [3.8, 4) is 0 Å². The van der Waals surface area contributed by atoms with E-state index in [1.165, 1.54) is 32.1 Å². The van der Waals surface area contributed by atoms with Crippen LogP contribution in [0.1, 0.15) is 58.3 Å². The van der Waals surface area contributed by atoms with Gasteiger partial charge >= 0.3 is 0 Å². The highest BCUT2D eigenvalue weighted by Crippen LogP contribution is 2.25. The van der Waals surface area contributed by atoms with Crippen LogP contribution in [0.2, 0.25) is 0 Å². The fourth-order valence-electron chi connectivity index (χ4n) is 3.02. The van der Waals surface area contributed by atoms with Crippen LogP contribution in [0.15, 0.2) is 60.7 Å². The summed E-state index contributed by atoms with van der Waals surface area (Å²) in [6.07, 6.45) is 8.88. The van der Waals surface area contributed by atoms with E-state index in [-0.39, 0.29) is 5.91 Å². The molecule has 144 valence electrons. The van der Waals surface area contributed by atoms with Gasteiger partial charge in [0.25, 0.3) is 0 Å². The highest BCUT2D eigenvalue weighted by molar-refractivity contribution is 7.80. The van der Waals surface area contributed by atoms with Crippen molar-refractivity contribution in [1.82, 2.24) is 5.32 Å². The molecule has 0 saturated carbocycles. The molecule has 0 aliphatic carbocycles. The molecule has 0 aromatic heterocycles. The van der Waals surface area contributed by atoms with E-state index in [4.69, 9.17) is 12.2 Å². The number of hydrogen-bond acceptors (Lipinski definition) is 2. The molecule has 0 unspecified atom stereocenters. The second-order valence-electron chi connectivity index (χ2n) is 6.73. The van der Waals surface area contributed by atoms with E-state index in [9.17, 15) is 4.79 Å². The van der Waals surface area contributed by atoms with Gasteiger partial charge in [-0.05, 0) is 42.9 Å². The number of hydrogen-bond donors (Lipinski definition) is 1. The van der Waals surface area contributed by atoms with E-state index >= 15 is 0 Å². The van der Waals surface area contributed by atoms with Crippen LogP contribution >= 0.6 is 12.2 Å². The summed E-state index contributed by atoms with van der Waals surface area (Å²) in [4.78, 5) is 14.2. The molecule has 27 heavy (non-hydrogen) atoms. The molecular weight excluding hydrogens is 352 g/mol. The van der Waals surface area contributed by atoms with Crippen LogP contribution in [-0.2, 0) is 4.79 Å². The van der Waals surface area contributed by atoms with Crippen LogP contribution < -0.4 is 10.2 Å². The molecule has 0 atom stereocenters. The van der Waals surface area contributed by atoms with Crippen LogP contribution in [-0.4, -0.2) is 11.0 Å². The van der Waals surface area contributed by atoms with Crippen molar-refractivity contribution in [3.05, 3.63) is 60.7 Å². The molecule has 1 amide bonds. The molecular formula is C23H30N2OS. The maximum Gasteiger partial charge on any atom is 0.226 e. The molecule has 4 heteroatoms. The average molecular weight is 383 g/mol. The molecule has 0 heterocycles. The van der Waals surface area contributed by atoms with Crippen molar-refractivity contribution in [1.29, 1.82) is 0 Å². The second kappa shape index (κ2) is 12.2. The number of thiocarbonyl (C=S) groups is 1. The van der Waals surface area contributed by atoms with E-state index in [1.54, 1.807) is 0 Å². The van der Waals surface area contributed by atoms with Gasteiger partial charge in [-0.25, -0.2) is 0 Å². The maximum absolute atomic E-state index is 12.3. The molecule has 2 aromatic carbocycles. The first kappa shape index (κ1) is 21.1. The van der Waals surface area contributed by atoms with E-state index < -0.39 is 0 Å². The quantitative estimate of drug-likeness (QED) is 0.383. The monoisotopic (exact) mass is 382 g/mol. The zero-order chi connectivity index (χ0) is 19.3. The molecule has 0 aliphatic heterocycles. The Balaban J connectivity index is 1.88. The minimum absolute atomic E-state index is 0.00887. The SMILES string of the molecule is CCCCCCCCCC(=O)NC(=S)N(c1ccccc1)c1ccccc1. The van der Waals surface area contributed by atoms with Crippen molar-refractivity contribution in [2.75, 3.05) is 4.90 Å². The van der Waals surface area contributed by atoms with Gasteiger partial charge in [-0.15, -0.1) is 0 Å². The predicted octanol–water partition coefficient (Wildman–Crippen LogP) is 6.37. The number of rotatable bonds is 10. The molecule has 0 bridgehead atoms. The Labute approximate surface area is 168 Å². The van der Waals surface area contributed by atoms with Gasteiger partial charge in [-0.2, -0.15) is 0 Å². The van der Waals surface area contributed by atoms with E-state index in [2.05, 4.69) is 12.2 Å². The second-order valence-corrected chi connectivity index (χ2v) is 7.12. The molecule has 0 fully saturated rings. The van der Waals surface area contributed by atoms with Crippen molar-refractivity contribution >= 4 is 34.6 Å². The number of benzene rings is 2. The summed E-state index contributed by atoms with van der Waals surface area (Å²) in [6.45, 7) is 2.22. The van der Waals surface area contributed by atoms with Crippen LogP contribution in [0.5, 0.6) is 0 Å². The number of unbranched alkanes of at least 4 members (excludes halogenated alkanes) is 6. The predicted molar refractivity (Wildman–Crippen MR) is 118 cm³/mol. The fourth-order valence-corrected chi connectivity index (χ4v) is 3.34. The Bertz CT molecular complexity index is 649. The highest BCUT2D eigenvalue weighted by atomic mass is 32.1. The van der Waals surface area contributed by atoms with Crippen molar-refractivity contribution in [3.63, 3.8) is 0 Å². The largest absolute Gasteiger partial charge is 0.302 e. The minimum atomic E-state index is -0.00887. The Morgan fingerprint density at radius 2 is 1.30 bits per heavy atom. The molecule has 2 aromatic rings. The number of nitrogens with zero attached hydrogens (tertiary/aromatic N) is 1. The fraction of sp³-hybridized carbons (Fsp3) is 0.391. The smallest absolute Gasteiger partial charge is 0.226 e. The van der Waals surface area contributed by atoms with Gasteiger partial charge in [0, 0.05) is 17.8 Å². The van der Waals surface area contributed by atoms with Crippen LogP contribution in [0.4, 0.5) is 11.4 Å². The standard InChI is InChI=1S/C23H30N2OS/c1-2-3-4-5-6-7-14-19-22(26)24-23(27)25(20-15-10-8-11-16-20)21-17-12-9-13-18-21/h8-13,15-18H,2-7,14,19H2,1H3,(H,24,26,27). The van der Waals surface area contributed by atoms with Gasteiger partial charge in [0.05, 0.1) is 0 Å². The first-order chi connectivity index (χ1) is 13.2. The lowest BCUT2D eigenvalue weighted by atomic mass is 10.1. The summed E-state index contributed by atoms with van der Waals surface area (Å²) in [5.74, 6) is -0.00887. The first-order valence-electron chi connectivity index (χ1n) is 9.96. The number of para-hydroxylation sites is 2. The third-order valence-electron chi connectivity index (χ3n) is 4.49. The van der Waals surface area contributed by atoms with Gasteiger partial charge in [0.15, 0.2) is 5.11 Å². The maximum atomic E-state index is 12.3. The molecule has 1 N–H and O–H groups in total. The molecule has 3 nitrogen and oxygen atoms in total. The van der Waals surface area contributed by atoms with E-state index in [0.717, 1.165) is 24.2 Å². The van der Waals surface area contributed by atoms with E-state index in [1.807, 2.05) is 65.6 Å². The van der Waals surface area contributed by atoms with Gasteiger partial charge in [-0.1, -0.05) is 81.8 Å². The third-order valence-corrected chi connectivity index (χ3v) is 4.77. The van der Waals surface area contributed by atoms with Crippen molar-refractivity contribution < 1.29 is 4.79 Å². The minimum Gasteiger partial charge on any atom is -0.302 e. The summed E-state index contributed by atoms with van der Waals surface area (Å²) < 4.78 is 0.